The SMILES string of the molecule is CC(C)(C)OC(=O)N1CCCC1C(=O)OCC(=O)Nc1ccccc1. The lowest BCUT2D eigenvalue weighted by molar-refractivity contribution is -0.151. The molecule has 0 bridgehead atoms. The number of hydrogen-bond acceptors (Lipinski definition) is 5. The summed E-state index contributed by atoms with van der Waals surface area (Å²) in [5, 5.41) is 2.63. The zero-order valence-electron chi connectivity index (χ0n) is 14.8. The number of anilines is 1. The molecule has 7 nitrogen and oxygen atoms in total. The first-order valence-corrected chi connectivity index (χ1v) is 8.27. The van der Waals surface area contributed by atoms with Crippen molar-refractivity contribution in [1.82, 2.24) is 4.90 Å². The first-order chi connectivity index (χ1) is 11.8. The Kier molecular flexibility index (Phi) is 6.01. The molecule has 1 aromatic rings. The highest BCUT2D eigenvalue weighted by Gasteiger charge is 2.37. The molecular formula is C18H24N2O5. The topological polar surface area (TPSA) is 84.9 Å². The van der Waals surface area contributed by atoms with Crippen molar-refractivity contribution >= 4 is 23.7 Å². The van der Waals surface area contributed by atoms with Crippen LogP contribution < -0.4 is 5.32 Å². The highest BCUT2D eigenvalue weighted by Crippen LogP contribution is 2.21. The molecule has 7 heteroatoms. The number of likely N-dealkylation sites (tertiary alicyclic amines) is 1. The Morgan fingerprint density at radius 3 is 2.52 bits per heavy atom. The molecule has 1 heterocycles. The normalized spacial score (nSPS) is 17.1. The van der Waals surface area contributed by atoms with Gasteiger partial charge in [-0.3, -0.25) is 9.69 Å². The van der Waals surface area contributed by atoms with Crippen LogP contribution >= 0.6 is 0 Å². The molecule has 1 atom stereocenters. The first-order valence-electron chi connectivity index (χ1n) is 8.27. The zero-order chi connectivity index (χ0) is 18.4. The highest BCUT2D eigenvalue weighted by atomic mass is 16.6. The number of amides is 2. The van der Waals surface area contributed by atoms with Gasteiger partial charge in [-0.25, -0.2) is 9.59 Å². The van der Waals surface area contributed by atoms with Gasteiger partial charge in [-0.05, 0) is 45.7 Å². The van der Waals surface area contributed by atoms with Gasteiger partial charge in [-0.2, -0.15) is 0 Å². The summed E-state index contributed by atoms with van der Waals surface area (Å²) in [6.07, 6.45) is 0.647. The summed E-state index contributed by atoms with van der Waals surface area (Å²) in [4.78, 5) is 37.6. The van der Waals surface area contributed by atoms with Crippen LogP contribution in [-0.2, 0) is 19.1 Å². The minimum Gasteiger partial charge on any atom is -0.454 e. The summed E-state index contributed by atoms with van der Waals surface area (Å²) < 4.78 is 10.4. The fourth-order valence-electron chi connectivity index (χ4n) is 2.50. The average molecular weight is 348 g/mol. The molecule has 1 N–H and O–H groups in total. The molecule has 1 saturated heterocycles. The average Bonchev–Trinajstić information content (AvgIpc) is 3.02. The number of ether oxygens (including phenoxy) is 2. The van der Waals surface area contributed by atoms with Crippen LogP contribution in [-0.4, -0.2) is 47.7 Å². The van der Waals surface area contributed by atoms with E-state index in [4.69, 9.17) is 9.47 Å². The first kappa shape index (κ1) is 18.8. The quantitative estimate of drug-likeness (QED) is 0.845. The summed E-state index contributed by atoms with van der Waals surface area (Å²) in [7, 11) is 0. The summed E-state index contributed by atoms with van der Waals surface area (Å²) in [6.45, 7) is 5.34. The summed E-state index contributed by atoms with van der Waals surface area (Å²) >= 11 is 0. The molecule has 0 aromatic heterocycles. The minimum atomic E-state index is -0.709. The number of esters is 1. The van der Waals surface area contributed by atoms with Crippen LogP contribution in [0.15, 0.2) is 30.3 Å². The Morgan fingerprint density at radius 1 is 1.20 bits per heavy atom. The summed E-state index contributed by atoms with van der Waals surface area (Å²) in [5.74, 6) is -1.02. The van der Waals surface area contributed by atoms with Gasteiger partial charge in [0.2, 0.25) is 0 Å². The maximum Gasteiger partial charge on any atom is 0.411 e. The molecule has 25 heavy (non-hydrogen) atoms. The van der Waals surface area contributed by atoms with Gasteiger partial charge >= 0.3 is 12.1 Å². The third kappa shape index (κ3) is 5.77. The molecule has 1 unspecified atom stereocenters. The van der Waals surface area contributed by atoms with Gasteiger partial charge in [0.15, 0.2) is 6.61 Å². The van der Waals surface area contributed by atoms with Crippen LogP contribution in [0, 0.1) is 0 Å². The molecule has 2 rings (SSSR count). The lowest BCUT2D eigenvalue weighted by atomic mass is 10.2. The van der Waals surface area contributed by atoms with Gasteiger partial charge in [0.1, 0.15) is 11.6 Å². The van der Waals surface area contributed by atoms with Gasteiger partial charge in [-0.15, -0.1) is 0 Å². The lowest BCUT2D eigenvalue weighted by Crippen LogP contribution is -2.44. The van der Waals surface area contributed by atoms with E-state index >= 15 is 0 Å². The molecule has 0 radical (unpaired) electrons. The number of para-hydroxylation sites is 1. The second-order valence-corrected chi connectivity index (χ2v) is 6.85. The van der Waals surface area contributed by atoms with E-state index in [1.165, 1.54) is 4.90 Å². The standard InChI is InChI=1S/C18H24N2O5/c1-18(2,3)25-17(23)20-11-7-10-14(20)16(22)24-12-15(21)19-13-8-5-4-6-9-13/h4-6,8-9,14H,7,10-12H2,1-3H3,(H,19,21). The van der Waals surface area contributed by atoms with Gasteiger partial charge < -0.3 is 14.8 Å². The smallest absolute Gasteiger partial charge is 0.411 e. The van der Waals surface area contributed by atoms with Crippen molar-refractivity contribution in [2.45, 2.75) is 45.3 Å². The number of benzene rings is 1. The number of nitrogens with zero attached hydrogens (tertiary/aromatic N) is 1. The molecule has 1 aliphatic rings. The maximum absolute atomic E-state index is 12.2. The van der Waals surface area contributed by atoms with E-state index < -0.39 is 36.2 Å². The summed E-state index contributed by atoms with van der Waals surface area (Å²) in [6, 6.07) is 8.18. The van der Waals surface area contributed by atoms with Crippen molar-refractivity contribution in [3.8, 4) is 0 Å². The fraction of sp³-hybridized carbons (Fsp3) is 0.500. The lowest BCUT2D eigenvalue weighted by Gasteiger charge is -2.27. The number of carbonyl (C=O) groups excluding carboxylic acids is 3. The van der Waals surface area contributed by atoms with Gasteiger partial charge in [0.05, 0.1) is 0 Å². The predicted octanol–water partition coefficient (Wildman–Crippen LogP) is 2.57. The molecule has 1 aromatic carbocycles. The number of nitrogens with one attached hydrogen (secondary N) is 1. The van der Waals surface area contributed by atoms with Gasteiger partial charge in [0.25, 0.3) is 5.91 Å². The van der Waals surface area contributed by atoms with Crippen LogP contribution in [0.4, 0.5) is 10.5 Å². The van der Waals surface area contributed by atoms with Crippen molar-refractivity contribution in [2.75, 3.05) is 18.5 Å². The van der Waals surface area contributed by atoms with Crippen LogP contribution in [0.2, 0.25) is 0 Å². The van der Waals surface area contributed by atoms with Gasteiger partial charge in [0, 0.05) is 12.2 Å². The molecule has 2 amide bonds. The van der Waals surface area contributed by atoms with Crippen LogP contribution in [0.3, 0.4) is 0 Å². The second kappa shape index (κ2) is 8.00. The Bertz CT molecular complexity index is 624. The molecule has 136 valence electrons. The fourth-order valence-corrected chi connectivity index (χ4v) is 2.50. The van der Waals surface area contributed by atoms with E-state index in [1.54, 1.807) is 45.0 Å². The van der Waals surface area contributed by atoms with E-state index in [2.05, 4.69) is 5.32 Å². The third-order valence-corrected chi connectivity index (χ3v) is 3.56. The van der Waals surface area contributed by atoms with Crippen molar-refractivity contribution in [3.63, 3.8) is 0 Å². The predicted molar refractivity (Wildman–Crippen MR) is 92.0 cm³/mol. The van der Waals surface area contributed by atoms with Crippen LogP contribution in [0.1, 0.15) is 33.6 Å². The van der Waals surface area contributed by atoms with Crippen molar-refractivity contribution in [3.05, 3.63) is 30.3 Å². The van der Waals surface area contributed by atoms with Crippen LogP contribution in [0.5, 0.6) is 0 Å². The minimum absolute atomic E-state index is 0.396. The molecule has 0 spiro atoms. The monoisotopic (exact) mass is 348 g/mol. The molecular weight excluding hydrogens is 324 g/mol. The summed E-state index contributed by atoms with van der Waals surface area (Å²) in [5.41, 5.74) is -0.0104. The number of rotatable bonds is 4. The van der Waals surface area contributed by atoms with E-state index in [1.807, 2.05) is 6.07 Å². The van der Waals surface area contributed by atoms with E-state index in [9.17, 15) is 14.4 Å². The van der Waals surface area contributed by atoms with E-state index in [0.29, 0.717) is 25.1 Å². The van der Waals surface area contributed by atoms with Crippen molar-refractivity contribution < 1.29 is 23.9 Å². The molecule has 0 saturated carbocycles. The molecule has 1 fully saturated rings. The Labute approximate surface area is 147 Å². The van der Waals surface area contributed by atoms with E-state index in [0.717, 1.165) is 0 Å². The molecule has 0 aliphatic carbocycles. The second-order valence-electron chi connectivity index (χ2n) is 6.85. The van der Waals surface area contributed by atoms with Crippen molar-refractivity contribution in [2.24, 2.45) is 0 Å². The maximum atomic E-state index is 12.2. The van der Waals surface area contributed by atoms with Crippen LogP contribution in [0.25, 0.3) is 0 Å². The van der Waals surface area contributed by atoms with Gasteiger partial charge in [-0.1, -0.05) is 18.2 Å². The third-order valence-electron chi connectivity index (χ3n) is 3.56. The van der Waals surface area contributed by atoms with E-state index in [-0.39, 0.29) is 0 Å². The Morgan fingerprint density at radius 2 is 1.88 bits per heavy atom. The Balaban J connectivity index is 1.85. The van der Waals surface area contributed by atoms with Crippen molar-refractivity contribution in [1.29, 1.82) is 0 Å². The largest absolute Gasteiger partial charge is 0.454 e. The Hall–Kier alpha value is -2.57. The zero-order valence-corrected chi connectivity index (χ0v) is 14.8. The highest BCUT2D eigenvalue weighted by molar-refractivity contribution is 5.93. The molecule has 1 aliphatic heterocycles. The number of hydrogen-bond donors (Lipinski definition) is 1. The number of carbonyl (C=O) groups is 3.